The quantitative estimate of drug-likeness (QED) is 0.779. The maximum atomic E-state index is 9.06. The molecule has 1 aromatic carbocycles. The van der Waals surface area contributed by atoms with Gasteiger partial charge in [0.1, 0.15) is 0 Å². The molecule has 1 atom stereocenters. The molecule has 0 saturated heterocycles. The molecule has 0 bridgehead atoms. The van der Waals surface area contributed by atoms with Crippen LogP contribution in [0.5, 0.6) is 0 Å². The fourth-order valence-electron chi connectivity index (χ4n) is 1.29. The van der Waals surface area contributed by atoms with E-state index in [9.17, 15) is 0 Å². The maximum absolute atomic E-state index is 9.06. The Balaban J connectivity index is 2.92. The summed E-state index contributed by atoms with van der Waals surface area (Å²) < 4.78 is 0. The molecule has 0 fully saturated rings. The molecule has 0 spiro atoms. The molecule has 0 aliphatic rings. The molecule has 0 heterocycles. The highest BCUT2D eigenvalue weighted by molar-refractivity contribution is 6.30. The van der Waals surface area contributed by atoms with Gasteiger partial charge in [-0.25, -0.2) is 0 Å². The Kier molecular flexibility index (Phi) is 3.72. The van der Waals surface area contributed by atoms with E-state index < -0.39 is 0 Å². The van der Waals surface area contributed by atoms with Crippen molar-refractivity contribution >= 4 is 11.6 Å². The van der Waals surface area contributed by atoms with E-state index in [0.29, 0.717) is 5.02 Å². The summed E-state index contributed by atoms with van der Waals surface area (Å²) in [5.41, 5.74) is 7.61. The summed E-state index contributed by atoms with van der Waals surface area (Å²) in [6.45, 7) is 1.96. The smallest absolute Gasteiger partial charge is 0.0685 e. The van der Waals surface area contributed by atoms with Gasteiger partial charge in [0.25, 0.3) is 0 Å². The van der Waals surface area contributed by atoms with E-state index in [1.807, 2.05) is 19.1 Å². The molecule has 72 valence electrons. The summed E-state index contributed by atoms with van der Waals surface area (Å²) in [7, 11) is 0. The molecule has 13 heavy (non-hydrogen) atoms. The van der Waals surface area contributed by atoms with E-state index in [0.717, 1.165) is 17.5 Å². The summed E-state index contributed by atoms with van der Waals surface area (Å²) >= 11 is 5.79. The number of nitrogens with two attached hydrogens (primary N) is 1. The number of rotatable bonds is 3. The summed E-state index contributed by atoms with van der Waals surface area (Å²) in [4.78, 5) is 0. The van der Waals surface area contributed by atoms with Crippen LogP contribution in [0.4, 0.5) is 0 Å². The van der Waals surface area contributed by atoms with Crippen LogP contribution >= 0.6 is 11.6 Å². The number of hydrogen-bond acceptors (Lipinski definition) is 2. The molecule has 0 unspecified atom stereocenters. The monoisotopic (exact) mass is 199 g/mol. The standard InChI is InChI=1S/C10H14ClNO/c1-7(12)4-8-2-3-10(11)5-9(8)6-13/h2-3,5,7,13H,4,6,12H2,1H3/t7-/m0/s1. The lowest BCUT2D eigenvalue weighted by molar-refractivity contribution is 0.280. The third kappa shape index (κ3) is 2.99. The second-order valence-electron chi connectivity index (χ2n) is 3.25. The van der Waals surface area contributed by atoms with Crippen LogP contribution in [0, 0.1) is 0 Å². The first-order chi connectivity index (χ1) is 6.13. The van der Waals surface area contributed by atoms with Gasteiger partial charge in [0.2, 0.25) is 0 Å². The highest BCUT2D eigenvalue weighted by Gasteiger charge is 2.04. The third-order valence-corrected chi connectivity index (χ3v) is 2.12. The van der Waals surface area contributed by atoms with Crippen LogP contribution in [0.3, 0.4) is 0 Å². The van der Waals surface area contributed by atoms with E-state index in [1.165, 1.54) is 0 Å². The average Bonchev–Trinajstić information content (AvgIpc) is 2.07. The second kappa shape index (κ2) is 4.61. The average molecular weight is 200 g/mol. The van der Waals surface area contributed by atoms with Gasteiger partial charge in [-0.15, -0.1) is 0 Å². The third-order valence-electron chi connectivity index (χ3n) is 1.88. The van der Waals surface area contributed by atoms with E-state index in [2.05, 4.69) is 0 Å². The SMILES string of the molecule is C[C@H](N)Cc1ccc(Cl)cc1CO. The van der Waals surface area contributed by atoms with E-state index in [-0.39, 0.29) is 12.6 Å². The van der Waals surface area contributed by atoms with Gasteiger partial charge < -0.3 is 10.8 Å². The Morgan fingerprint density at radius 3 is 2.69 bits per heavy atom. The van der Waals surface area contributed by atoms with Crippen LogP contribution < -0.4 is 5.73 Å². The Labute approximate surface area is 83.3 Å². The van der Waals surface area contributed by atoms with Crippen molar-refractivity contribution in [3.8, 4) is 0 Å². The first-order valence-corrected chi connectivity index (χ1v) is 4.65. The van der Waals surface area contributed by atoms with Crippen LogP contribution in [-0.4, -0.2) is 11.1 Å². The largest absolute Gasteiger partial charge is 0.392 e. The Morgan fingerprint density at radius 1 is 1.46 bits per heavy atom. The summed E-state index contributed by atoms with van der Waals surface area (Å²) in [6.07, 6.45) is 0.771. The molecular weight excluding hydrogens is 186 g/mol. The minimum atomic E-state index is 0.0165. The van der Waals surface area contributed by atoms with E-state index >= 15 is 0 Å². The molecule has 1 aromatic rings. The van der Waals surface area contributed by atoms with Gasteiger partial charge >= 0.3 is 0 Å². The fourth-order valence-corrected chi connectivity index (χ4v) is 1.48. The predicted octanol–water partition coefficient (Wildman–Crippen LogP) is 1.72. The topological polar surface area (TPSA) is 46.2 Å². The molecule has 0 aliphatic heterocycles. The molecule has 1 rings (SSSR count). The van der Waals surface area contributed by atoms with Gasteiger partial charge in [0, 0.05) is 11.1 Å². The van der Waals surface area contributed by atoms with Crippen molar-refractivity contribution in [3.63, 3.8) is 0 Å². The Hall–Kier alpha value is -0.570. The Morgan fingerprint density at radius 2 is 2.15 bits per heavy atom. The lowest BCUT2D eigenvalue weighted by atomic mass is 10.0. The molecule has 3 heteroatoms. The second-order valence-corrected chi connectivity index (χ2v) is 3.69. The molecule has 0 radical (unpaired) electrons. The molecule has 0 saturated carbocycles. The normalized spacial score (nSPS) is 12.9. The van der Waals surface area contributed by atoms with Crippen molar-refractivity contribution in [1.29, 1.82) is 0 Å². The molecule has 0 amide bonds. The first-order valence-electron chi connectivity index (χ1n) is 4.27. The first kappa shape index (κ1) is 10.5. The minimum absolute atomic E-state index is 0.0165. The van der Waals surface area contributed by atoms with Crippen molar-refractivity contribution in [2.45, 2.75) is 26.0 Å². The highest BCUT2D eigenvalue weighted by atomic mass is 35.5. The molecular formula is C10H14ClNO. The van der Waals surface area contributed by atoms with Gasteiger partial charge in [-0.05, 0) is 36.6 Å². The summed E-state index contributed by atoms with van der Waals surface area (Å²) in [6, 6.07) is 5.61. The lowest BCUT2D eigenvalue weighted by Crippen LogP contribution is -2.18. The zero-order valence-corrected chi connectivity index (χ0v) is 8.38. The number of benzene rings is 1. The van der Waals surface area contributed by atoms with Crippen molar-refractivity contribution in [1.82, 2.24) is 0 Å². The molecule has 2 nitrogen and oxygen atoms in total. The van der Waals surface area contributed by atoms with E-state index in [4.69, 9.17) is 22.4 Å². The molecule has 0 aliphatic carbocycles. The van der Waals surface area contributed by atoms with Gasteiger partial charge in [-0.2, -0.15) is 0 Å². The van der Waals surface area contributed by atoms with Crippen LogP contribution in [-0.2, 0) is 13.0 Å². The van der Waals surface area contributed by atoms with Gasteiger partial charge in [0.15, 0.2) is 0 Å². The number of aliphatic hydroxyl groups excluding tert-OH is 1. The zero-order valence-electron chi connectivity index (χ0n) is 7.63. The van der Waals surface area contributed by atoms with Gasteiger partial charge in [-0.3, -0.25) is 0 Å². The van der Waals surface area contributed by atoms with Crippen molar-refractivity contribution in [3.05, 3.63) is 34.3 Å². The Bertz CT molecular complexity index is 286. The minimum Gasteiger partial charge on any atom is -0.392 e. The number of hydrogen-bond donors (Lipinski definition) is 2. The van der Waals surface area contributed by atoms with Crippen LogP contribution in [0.1, 0.15) is 18.1 Å². The van der Waals surface area contributed by atoms with Crippen molar-refractivity contribution in [2.75, 3.05) is 0 Å². The lowest BCUT2D eigenvalue weighted by Gasteiger charge is -2.09. The van der Waals surface area contributed by atoms with Crippen LogP contribution in [0.25, 0.3) is 0 Å². The maximum Gasteiger partial charge on any atom is 0.0685 e. The predicted molar refractivity (Wildman–Crippen MR) is 54.7 cm³/mol. The molecule has 3 N–H and O–H groups in total. The zero-order chi connectivity index (χ0) is 9.84. The van der Waals surface area contributed by atoms with Crippen molar-refractivity contribution < 1.29 is 5.11 Å². The summed E-state index contributed by atoms with van der Waals surface area (Å²) in [5.74, 6) is 0. The van der Waals surface area contributed by atoms with E-state index in [1.54, 1.807) is 6.07 Å². The molecule has 0 aromatic heterocycles. The van der Waals surface area contributed by atoms with Crippen LogP contribution in [0.2, 0.25) is 5.02 Å². The number of aliphatic hydroxyl groups is 1. The fraction of sp³-hybridized carbons (Fsp3) is 0.400. The highest BCUT2D eigenvalue weighted by Crippen LogP contribution is 2.17. The van der Waals surface area contributed by atoms with Gasteiger partial charge in [0.05, 0.1) is 6.61 Å². The van der Waals surface area contributed by atoms with Gasteiger partial charge in [-0.1, -0.05) is 17.7 Å². The van der Waals surface area contributed by atoms with Crippen LogP contribution in [0.15, 0.2) is 18.2 Å². The number of halogens is 1. The van der Waals surface area contributed by atoms with Crippen molar-refractivity contribution in [2.24, 2.45) is 5.73 Å². The summed E-state index contributed by atoms with van der Waals surface area (Å²) in [5, 5.41) is 9.71.